The first-order chi connectivity index (χ1) is 10.1. The molecule has 3 heteroatoms. The van der Waals surface area contributed by atoms with Crippen LogP contribution < -0.4 is 10.6 Å². The molecule has 0 heterocycles. The highest BCUT2D eigenvalue weighted by atomic mass is 16.1. The Bertz CT molecular complexity index is 593. The molecule has 0 fully saturated rings. The highest BCUT2D eigenvalue weighted by Gasteiger charge is 2.02. The highest BCUT2D eigenvalue weighted by Crippen LogP contribution is 2.13. The lowest BCUT2D eigenvalue weighted by molar-refractivity contribution is -0.119. The van der Waals surface area contributed by atoms with E-state index in [1.807, 2.05) is 24.3 Å². The summed E-state index contributed by atoms with van der Waals surface area (Å²) in [5.41, 5.74) is 4.70. The van der Waals surface area contributed by atoms with Crippen LogP contribution in [0, 0.1) is 13.8 Å². The van der Waals surface area contributed by atoms with Gasteiger partial charge in [0.1, 0.15) is 0 Å². The molecule has 0 spiro atoms. The van der Waals surface area contributed by atoms with Crippen molar-refractivity contribution in [1.82, 2.24) is 5.32 Å². The van der Waals surface area contributed by atoms with Crippen LogP contribution in [0.5, 0.6) is 0 Å². The zero-order chi connectivity index (χ0) is 15.1. The fourth-order valence-electron chi connectivity index (χ4n) is 2.09. The first kappa shape index (κ1) is 15.1. The Kier molecular flexibility index (Phi) is 5.38. The Morgan fingerprint density at radius 3 is 2.48 bits per heavy atom. The van der Waals surface area contributed by atoms with E-state index in [9.17, 15) is 4.79 Å². The third kappa shape index (κ3) is 4.95. The Morgan fingerprint density at radius 1 is 1.00 bits per heavy atom. The van der Waals surface area contributed by atoms with Crippen molar-refractivity contribution >= 4 is 11.6 Å². The lowest BCUT2D eigenvalue weighted by atomic mass is 10.1. The fourth-order valence-corrected chi connectivity index (χ4v) is 2.09. The van der Waals surface area contributed by atoms with Crippen molar-refractivity contribution in [2.45, 2.75) is 20.3 Å². The first-order valence-electron chi connectivity index (χ1n) is 7.27. The van der Waals surface area contributed by atoms with E-state index in [1.165, 1.54) is 16.7 Å². The second kappa shape index (κ2) is 7.48. The van der Waals surface area contributed by atoms with Gasteiger partial charge >= 0.3 is 0 Å². The molecule has 2 aromatic carbocycles. The van der Waals surface area contributed by atoms with Crippen molar-refractivity contribution in [1.29, 1.82) is 0 Å². The smallest absolute Gasteiger partial charge is 0.239 e. The Morgan fingerprint density at radius 2 is 1.76 bits per heavy atom. The van der Waals surface area contributed by atoms with E-state index in [-0.39, 0.29) is 5.91 Å². The molecule has 1 amide bonds. The molecule has 0 saturated heterocycles. The van der Waals surface area contributed by atoms with Crippen LogP contribution in [0.4, 0.5) is 5.69 Å². The molecule has 0 aliphatic carbocycles. The van der Waals surface area contributed by atoms with Gasteiger partial charge in [-0.2, -0.15) is 0 Å². The molecule has 0 saturated carbocycles. The van der Waals surface area contributed by atoms with Crippen molar-refractivity contribution in [3.63, 3.8) is 0 Å². The average Bonchev–Trinajstić information content (AvgIpc) is 2.49. The number of hydrogen-bond acceptors (Lipinski definition) is 2. The number of carbonyl (C=O) groups excluding carboxylic acids is 1. The summed E-state index contributed by atoms with van der Waals surface area (Å²) in [6.45, 7) is 5.12. The number of hydrogen-bond donors (Lipinski definition) is 2. The maximum Gasteiger partial charge on any atom is 0.239 e. The van der Waals surface area contributed by atoms with Crippen LogP contribution in [-0.2, 0) is 11.2 Å². The molecule has 2 rings (SSSR count). The minimum Gasteiger partial charge on any atom is -0.376 e. The van der Waals surface area contributed by atoms with Crippen molar-refractivity contribution < 1.29 is 4.79 Å². The molecular weight excluding hydrogens is 260 g/mol. The van der Waals surface area contributed by atoms with E-state index < -0.39 is 0 Å². The number of anilines is 1. The predicted molar refractivity (Wildman–Crippen MR) is 87.6 cm³/mol. The number of benzene rings is 2. The number of amides is 1. The topological polar surface area (TPSA) is 41.1 Å². The average molecular weight is 282 g/mol. The number of aryl methyl sites for hydroxylation is 2. The molecule has 0 aliphatic rings. The molecule has 0 aromatic heterocycles. The van der Waals surface area contributed by atoms with Crippen molar-refractivity contribution in [3.05, 3.63) is 65.2 Å². The van der Waals surface area contributed by atoms with E-state index in [1.54, 1.807) is 0 Å². The second-order valence-electron chi connectivity index (χ2n) is 5.24. The number of rotatable bonds is 6. The lowest BCUT2D eigenvalue weighted by Gasteiger charge is -2.09. The van der Waals surface area contributed by atoms with Crippen molar-refractivity contribution in [3.8, 4) is 0 Å². The summed E-state index contributed by atoms with van der Waals surface area (Å²) in [6.07, 6.45) is 0.857. The molecule has 0 aliphatic heterocycles. The summed E-state index contributed by atoms with van der Waals surface area (Å²) in [7, 11) is 0. The van der Waals surface area contributed by atoms with E-state index >= 15 is 0 Å². The number of carbonyl (C=O) groups is 1. The summed E-state index contributed by atoms with van der Waals surface area (Å²) in [5.74, 6) is 0.0177. The van der Waals surface area contributed by atoms with E-state index in [4.69, 9.17) is 0 Å². The predicted octanol–water partition coefficient (Wildman–Crippen LogP) is 3.07. The summed E-state index contributed by atoms with van der Waals surface area (Å²) in [4.78, 5) is 11.8. The van der Waals surface area contributed by atoms with Gasteiger partial charge in [0.2, 0.25) is 5.91 Å². The summed E-state index contributed by atoms with van der Waals surface area (Å²) in [5, 5.41) is 6.08. The SMILES string of the molecule is Cc1ccc(NCC(=O)NCCc2ccccc2)cc1C. The highest BCUT2D eigenvalue weighted by molar-refractivity contribution is 5.80. The quantitative estimate of drug-likeness (QED) is 0.855. The zero-order valence-electron chi connectivity index (χ0n) is 12.6. The van der Waals surface area contributed by atoms with E-state index in [0.29, 0.717) is 13.1 Å². The van der Waals surface area contributed by atoms with Gasteiger partial charge in [-0.1, -0.05) is 36.4 Å². The third-order valence-electron chi connectivity index (χ3n) is 3.54. The van der Waals surface area contributed by atoms with Gasteiger partial charge < -0.3 is 10.6 Å². The Hall–Kier alpha value is -2.29. The fraction of sp³-hybridized carbons (Fsp3) is 0.278. The van der Waals surface area contributed by atoms with Gasteiger partial charge in [-0.25, -0.2) is 0 Å². The van der Waals surface area contributed by atoms with Gasteiger partial charge in [0, 0.05) is 12.2 Å². The van der Waals surface area contributed by atoms with Crippen LogP contribution in [0.2, 0.25) is 0 Å². The molecule has 0 unspecified atom stereocenters. The minimum atomic E-state index is 0.0177. The normalized spacial score (nSPS) is 10.2. The van der Waals surface area contributed by atoms with Gasteiger partial charge in [0.25, 0.3) is 0 Å². The van der Waals surface area contributed by atoms with Gasteiger partial charge in [0.05, 0.1) is 6.54 Å². The van der Waals surface area contributed by atoms with E-state index in [0.717, 1.165) is 12.1 Å². The second-order valence-corrected chi connectivity index (χ2v) is 5.24. The molecule has 21 heavy (non-hydrogen) atoms. The lowest BCUT2D eigenvalue weighted by Crippen LogP contribution is -2.31. The van der Waals surface area contributed by atoms with Gasteiger partial charge in [-0.3, -0.25) is 4.79 Å². The van der Waals surface area contributed by atoms with Crippen LogP contribution >= 0.6 is 0 Å². The Balaban J connectivity index is 1.71. The molecular formula is C18H22N2O. The van der Waals surface area contributed by atoms with E-state index in [2.05, 4.69) is 48.7 Å². The van der Waals surface area contributed by atoms with Crippen molar-refractivity contribution in [2.75, 3.05) is 18.4 Å². The molecule has 3 nitrogen and oxygen atoms in total. The summed E-state index contributed by atoms with van der Waals surface area (Å²) in [6, 6.07) is 16.3. The monoisotopic (exact) mass is 282 g/mol. The van der Waals surface area contributed by atoms with Gasteiger partial charge in [0.15, 0.2) is 0 Å². The van der Waals surface area contributed by atoms with Crippen LogP contribution in [0.25, 0.3) is 0 Å². The van der Waals surface area contributed by atoms with Gasteiger partial charge in [-0.15, -0.1) is 0 Å². The number of nitrogens with one attached hydrogen (secondary N) is 2. The molecule has 2 N–H and O–H groups in total. The van der Waals surface area contributed by atoms with Crippen LogP contribution in [0.15, 0.2) is 48.5 Å². The maximum absolute atomic E-state index is 11.8. The molecule has 0 bridgehead atoms. The largest absolute Gasteiger partial charge is 0.376 e. The van der Waals surface area contributed by atoms with Gasteiger partial charge in [-0.05, 0) is 49.1 Å². The Labute approximate surface area is 126 Å². The van der Waals surface area contributed by atoms with Crippen LogP contribution in [0.1, 0.15) is 16.7 Å². The molecule has 0 radical (unpaired) electrons. The maximum atomic E-state index is 11.8. The standard InChI is InChI=1S/C18H22N2O/c1-14-8-9-17(12-15(14)2)20-13-18(21)19-11-10-16-6-4-3-5-7-16/h3-9,12,20H,10-11,13H2,1-2H3,(H,19,21). The van der Waals surface area contributed by atoms with Crippen molar-refractivity contribution in [2.24, 2.45) is 0 Å². The molecule has 110 valence electrons. The van der Waals surface area contributed by atoms with Crippen LogP contribution in [0.3, 0.4) is 0 Å². The third-order valence-corrected chi connectivity index (χ3v) is 3.54. The minimum absolute atomic E-state index is 0.0177. The zero-order valence-corrected chi connectivity index (χ0v) is 12.6. The first-order valence-corrected chi connectivity index (χ1v) is 7.27. The van der Waals surface area contributed by atoms with Crippen LogP contribution in [-0.4, -0.2) is 19.0 Å². The molecule has 0 atom stereocenters. The summed E-state index contributed by atoms with van der Waals surface area (Å²) >= 11 is 0. The molecule has 2 aromatic rings. The summed E-state index contributed by atoms with van der Waals surface area (Å²) < 4.78 is 0.